The zero-order chi connectivity index (χ0) is 25.2. The molecule has 6 rings (SSSR count). The summed E-state index contributed by atoms with van der Waals surface area (Å²) < 4.78 is 60.3. The van der Waals surface area contributed by atoms with E-state index >= 15 is 8.78 Å². The topological polar surface area (TPSA) is 62.1 Å². The van der Waals surface area contributed by atoms with Gasteiger partial charge in [-0.3, -0.25) is 9.58 Å². The van der Waals surface area contributed by atoms with Gasteiger partial charge < -0.3 is 10.2 Å². The van der Waals surface area contributed by atoms with Crippen molar-refractivity contribution in [1.82, 2.24) is 24.6 Å². The first kappa shape index (κ1) is 23.5. The Morgan fingerprint density at radius 2 is 1.97 bits per heavy atom. The summed E-state index contributed by atoms with van der Waals surface area (Å²) in [6, 6.07) is 3.64. The highest BCUT2D eigenvalue weighted by Crippen LogP contribution is 2.47. The number of piperidine rings is 1. The van der Waals surface area contributed by atoms with Crippen LogP contribution >= 0.6 is 11.8 Å². The number of benzene rings is 1. The molecular weight excluding hydrogens is 494 g/mol. The molecule has 36 heavy (non-hydrogen) atoms. The van der Waals surface area contributed by atoms with Crippen LogP contribution in [-0.2, 0) is 0 Å². The second-order valence-electron chi connectivity index (χ2n) is 9.75. The van der Waals surface area contributed by atoms with E-state index in [2.05, 4.69) is 20.4 Å². The number of fused-ring (bicyclic) bond motifs is 1. The molecule has 190 valence electrons. The molecule has 0 amide bonds. The predicted octanol–water partition coefficient (Wildman–Crippen LogP) is 4.95. The molecule has 0 radical (unpaired) electrons. The van der Waals surface area contributed by atoms with Gasteiger partial charge in [-0.1, -0.05) is 11.8 Å². The highest BCUT2D eigenvalue weighted by atomic mass is 32.2. The van der Waals surface area contributed by atoms with Crippen LogP contribution in [0.25, 0.3) is 11.3 Å². The standard InChI is InChI=1S/C24H25F4N7S/c1-33(2)23-32-21-20(36-23)19(16-6-3-14(25)9-18(16)26)30-22(31-21)34-8-7-24(27,28)17(12-34)13-10-29-35(11-13)15-4-5-15/h3,6,9-11,15,17,23H,4-5,7-8,12H2,1-2H3,(H,30,31,32). The summed E-state index contributed by atoms with van der Waals surface area (Å²) in [6.45, 7) is 0.0480. The van der Waals surface area contributed by atoms with Gasteiger partial charge in [-0.05, 0) is 39.1 Å². The lowest BCUT2D eigenvalue weighted by molar-refractivity contribution is -0.0425. The fourth-order valence-electron chi connectivity index (χ4n) is 4.65. The van der Waals surface area contributed by atoms with Gasteiger partial charge in [-0.25, -0.2) is 22.5 Å². The number of anilines is 2. The van der Waals surface area contributed by atoms with Gasteiger partial charge in [-0.15, -0.1) is 0 Å². The first-order chi connectivity index (χ1) is 17.2. The average Bonchev–Trinajstić information content (AvgIpc) is 3.39. The van der Waals surface area contributed by atoms with Crippen molar-refractivity contribution in [2.24, 2.45) is 0 Å². The van der Waals surface area contributed by atoms with Crippen LogP contribution in [0, 0.1) is 11.6 Å². The molecule has 2 atom stereocenters. The Balaban J connectivity index is 1.38. The van der Waals surface area contributed by atoms with Crippen molar-refractivity contribution in [2.75, 3.05) is 37.4 Å². The Labute approximate surface area is 209 Å². The molecule has 2 aliphatic heterocycles. The zero-order valence-corrected chi connectivity index (χ0v) is 20.6. The number of thioether (sulfide) groups is 1. The van der Waals surface area contributed by atoms with Crippen molar-refractivity contribution in [3.63, 3.8) is 0 Å². The largest absolute Gasteiger partial charge is 0.344 e. The third kappa shape index (κ3) is 4.19. The van der Waals surface area contributed by atoms with E-state index in [0.717, 1.165) is 18.9 Å². The fourth-order valence-corrected chi connectivity index (χ4v) is 5.74. The third-order valence-electron chi connectivity index (χ3n) is 6.85. The van der Waals surface area contributed by atoms with Gasteiger partial charge in [0, 0.05) is 42.9 Å². The summed E-state index contributed by atoms with van der Waals surface area (Å²) in [7, 11) is 3.78. The molecule has 1 saturated carbocycles. The molecule has 2 aromatic heterocycles. The maximum Gasteiger partial charge on any atom is 0.258 e. The number of rotatable bonds is 5. The molecule has 1 N–H and O–H groups in total. The number of nitrogens with one attached hydrogen (secondary N) is 1. The predicted molar refractivity (Wildman–Crippen MR) is 129 cm³/mol. The molecule has 0 spiro atoms. The van der Waals surface area contributed by atoms with Crippen molar-refractivity contribution in [1.29, 1.82) is 0 Å². The van der Waals surface area contributed by atoms with E-state index in [4.69, 9.17) is 0 Å². The summed E-state index contributed by atoms with van der Waals surface area (Å²) in [4.78, 5) is 13.6. The van der Waals surface area contributed by atoms with Crippen molar-refractivity contribution in [2.45, 2.75) is 47.5 Å². The molecule has 1 saturated heterocycles. The van der Waals surface area contributed by atoms with E-state index in [1.165, 1.54) is 30.1 Å². The van der Waals surface area contributed by atoms with Crippen LogP contribution in [0.4, 0.5) is 29.3 Å². The summed E-state index contributed by atoms with van der Waals surface area (Å²) in [5.41, 5.74) is 0.766. The molecule has 3 aromatic rings. The lowest BCUT2D eigenvalue weighted by atomic mass is 9.89. The van der Waals surface area contributed by atoms with Gasteiger partial charge in [0.05, 0.1) is 28.7 Å². The van der Waals surface area contributed by atoms with E-state index in [0.29, 0.717) is 28.0 Å². The Morgan fingerprint density at radius 3 is 2.69 bits per heavy atom. The molecule has 2 fully saturated rings. The molecule has 1 aromatic carbocycles. The van der Waals surface area contributed by atoms with Crippen molar-refractivity contribution in [3.05, 3.63) is 47.8 Å². The first-order valence-corrected chi connectivity index (χ1v) is 12.7. The summed E-state index contributed by atoms with van der Waals surface area (Å²) in [5.74, 6) is -4.68. The van der Waals surface area contributed by atoms with E-state index in [9.17, 15) is 8.78 Å². The minimum atomic E-state index is -2.90. The lowest BCUT2D eigenvalue weighted by Crippen LogP contribution is -2.46. The fraction of sp³-hybridized carbons (Fsp3) is 0.458. The monoisotopic (exact) mass is 519 g/mol. The number of hydrogen-bond acceptors (Lipinski definition) is 7. The molecule has 7 nitrogen and oxygen atoms in total. The number of nitrogens with zero attached hydrogens (tertiary/aromatic N) is 6. The average molecular weight is 520 g/mol. The molecule has 3 aliphatic rings. The summed E-state index contributed by atoms with van der Waals surface area (Å²) in [6.07, 6.45) is 4.92. The van der Waals surface area contributed by atoms with Gasteiger partial charge in [0.1, 0.15) is 23.0 Å². The molecule has 2 unspecified atom stereocenters. The van der Waals surface area contributed by atoms with Crippen LogP contribution in [0.2, 0.25) is 0 Å². The summed E-state index contributed by atoms with van der Waals surface area (Å²) in [5, 5.41) is 7.59. The first-order valence-electron chi connectivity index (χ1n) is 11.8. The van der Waals surface area contributed by atoms with Gasteiger partial charge in [0.25, 0.3) is 5.92 Å². The van der Waals surface area contributed by atoms with Gasteiger partial charge in [0.15, 0.2) is 0 Å². The van der Waals surface area contributed by atoms with Crippen LogP contribution in [0.1, 0.15) is 36.8 Å². The minimum Gasteiger partial charge on any atom is -0.344 e. The number of hydrogen-bond donors (Lipinski definition) is 1. The van der Waals surface area contributed by atoms with Gasteiger partial charge in [-0.2, -0.15) is 10.1 Å². The minimum absolute atomic E-state index is 0.00224. The van der Waals surface area contributed by atoms with Crippen LogP contribution < -0.4 is 10.2 Å². The van der Waals surface area contributed by atoms with E-state index < -0.39 is 23.5 Å². The highest BCUT2D eigenvalue weighted by Gasteiger charge is 2.46. The van der Waals surface area contributed by atoms with Crippen LogP contribution in [0.3, 0.4) is 0 Å². The molecule has 4 heterocycles. The second kappa shape index (κ2) is 8.62. The van der Waals surface area contributed by atoms with E-state index in [1.807, 2.05) is 19.0 Å². The number of aromatic nitrogens is 4. The molecule has 1 aliphatic carbocycles. The summed E-state index contributed by atoms with van der Waals surface area (Å²) >= 11 is 1.42. The maximum atomic E-state index is 15.1. The van der Waals surface area contributed by atoms with Crippen LogP contribution in [0.5, 0.6) is 0 Å². The van der Waals surface area contributed by atoms with Gasteiger partial charge in [0.2, 0.25) is 5.95 Å². The Hall–Kier alpha value is -2.86. The Morgan fingerprint density at radius 1 is 1.17 bits per heavy atom. The van der Waals surface area contributed by atoms with Crippen LogP contribution in [0.15, 0.2) is 35.5 Å². The normalized spacial score (nSPS) is 23.1. The van der Waals surface area contributed by atoms with E-state index in [-0.39, 0.29) is 36.5 Å². The maximum absolute atomic E-state index is 15.1. The number of alkyl halides is 2. The molecule has 0 bridgehead atoms. The second-order valence-corrected chi connectivity index (χ2v) is 10.8. The molecular formula is C24H25F4N7S. The van der Waals surface area contributed by atoms with Crippen molar-refractivity contribution < 1.29 is 17.6 Å². The third-order valence-corrected chi connectivity index (χ3v) is 8.24. The Kier molecular flexibility index (Phi) is 5.63. The van der Waals surface area contributed by atoms with Gasteiger partial charge >= 0.3 is 0 Å². The van der Waals surface area contributed by atoms with Crippen molar-refractivity contribution >= 4 is 23.5 Å². The smallest absolute Gasteiger partial charge is 0.258 e. The van der Waals surface area contributed by atoms with E-state index in [1.54, 1.807) is 15.8 Å². The Bertz CT molecular complexity index is 1310. The van der Waals surface area contributed by atoms with Crippen LogP contribution in [-0.4, -0.2) is 63.3 Å². The quantitative estimate of drug-likeness (QED) is 0.479. The highest BCUT2D eigenvalue weighted by molar-refractivity contribution is 8.00. The molecule has 12 heteroatoms. The SMILES string of the molecule is CN(C)C1Nc2nc(N3CCC(F)(F)C(c4cnn(C5CC5)c4)C3)nc(-c3ccc(F)cc3F)c2S1. The number of halogens is 4. The van der Waals surface area contributed by atoms with Crippen molar-refractivity contribution in [3.8, 4) is 11.3 Å². The zero-order valence-electron chi connectivity index (χ0n) is 19.8. The lowest BCUT2D eigenvalue weighted by Gasteiger charge is -2.38.